The zero-order valence-electron chi connectivity index (χ0n) is 12.5. The lowest BCUT2D eigenvalue weighted by Gasteiger charge is -2.23. The first kappa shape index (κ1) is 15.4. The van der Waals surface area contributed by atoms with Crippen LogP contribution in [0.4, 0.5) is 10.1 Å². The number of benzene rings is 1. The summed E-state index contributed by atoms with van der Waals surface area (Å²) in [5.74, 6) is 3.26. The van der Waals surface area contributed by atoms with Crippen molar-refractivity contribution >= 4 is 5.69 Å². The Morgan fingerprint density at radius 1 is 1.38 bits per heavy atom. The first-order chi connectivity index (χ1) is 10.1. The quantitative estimate of drug-likeness (QED) is 0.584. The van der Waals surface area contributed by atoms with Gasteiger partial charge in [-0.25, -0.2) is 4.39 Å². The van der Waals surface area contributed by atoms with Crippen molar-refractivity contribution < 1.29 is 4.39 Å². The largest absolute Gasteiger partial charge is 0.359 e. The molecule has 0 amide bonds. The van der Waals surface area contributed by atoms with Crippen LogP contribution < -0.4 is 5.32 Å². The van der Waals surface area contributed by atoms with Crippen LogP contribution in [0.3, 0.4) is 0 Å². The molecule has 0 radical (unpaired) electrons. The van der Waals surface area contributed by atoms with Crippen molar-refractivity contribution in [1.82, 2.24) is 0 Å². The van der Waals surface area contributed by atoms with Gasteiger partial charge in [0.05, 0.1) is 5.56 Å². The fourth-order valence-corrected chi connectivity index (χ4v) is 2.73. The Balaban J connectivity index is 1.92. The van der Waals surface area contributed by atoms with Crippen LogP contribution in [0, 0.1) is 30.0 Å². The summed E-state index contributed by atoms with van der Waals surface area (Å²) < 4.78 is 13.3. The summed E-state index contributed by atoms with van der Waals surface area (Å²) in [6.45, 7) is 6.30. The number of rotatable bonds is 5. The summed E-state index contributed by atoms with van der Waals surface area (Å²) >= 11 is 0. The molecule has 1 N–H and O–H groups in total. The molecule has 2 heteroatoms. The van der Waals surface area contributed by atoms with Gasteiger partial charge in [-0.1, -0.05) is 31.6 Å². The molecule has 1 aliphatic carbocycles. The zero-order valence-corrected chi connectivity index (χ0v) is 12.5. The molecule has 0 bridgehead atoms. The molecular weight excluding hydrogens is 261 g/mol. The fraction of sp³-hybridized carbons (Fsp3) is 0.368. The Morgan fingerprint density at radius 3 is 2.71 bits per heavy atom. The van der Waals surface area contributed by atoms with Crippen LogP contribution in [0.1, 0.15) is 38.2 Å². The summed E-state index contributed by atoms with van der Waals surface area (Å²) in [7, 11) is 0. The molecule has 1 aromatic carbocycles. The van der Waals surface area contributed by atoms with E-state index in [0.29, 0.717) is 5.92 Å². The lowest BCUT2D eigenvalue weighted by molar-refractivity contribution is 0.445. The van der Waals surface area contributed by atoms with Gasteiger partial charge in [-0.2, -0.15) is 0 Å². The van der Waals surface area contributed by atoms with Gasteiger partial charge in [0.25, 0.3) is 0 Å². The third-order valence-corrected chi connectivity index (χ3v) is 4.04. The second-order valence-electron chi connectivity index (χ2n) is 5.66. The van der Waals surface area contributed by atoms with Gasteiger partial charge in [0.2, 0.25) is 0 Å². The third kappa shape index (κ3) is 4.23. The number of anilines is 1. The van der Waals surface area contributed by atoms with Gasteiger partial charge in [0.1, 0.15) is 5.82 Å². The van der Waals surface area contributed by atoms with E-state index in [1.54, 1.807) is 12.1 Å². The van der Waals surface area contributed by atoms with Crippen molar-refractivity contribution in [2.75, 3.05) is 5.32 Å². The van der Waals surface area contributed by atoms with Crippen LogP contribution in [0.15, 0.2) is 42.6 Å². The Bertz CT molecular complexity index is 580. The molecule has 21 heavy (non-hydrogen) atoms. The monoisotopic (exact) mass is 283 g/mol. The second kappa shape index (κ2) is 7.13. The molecule has 110 valence electrons. The summed E-state index contributed by atoms with van der Waals surface area (Å²) in [5, 5.41) is 3.23. The SMILES string of the molecule is C#Cc1cc(NC(=C)CC2C=CC(CC)CC2)ccc1F. The fourth-order valence-electron chi connectivity index (χ4n) is 2.73. The molecule has 0 spiro atoms. The first-order valence-electron chi connectivity index (χ1n) is 7.51. The molecule has 2 rings (SSSR count). The maximum atomic E-state index is 13.3. The third-order valence-electron chi connectivity index (χ3n) is 4.04. The number of hydrogen-bond donors (Lipinski definition) is 1. The minimum atomic E-state index is -0.366. The van der Waals surface area contributed by atoms with E-state index in [1.807, 2.05) is 0 Å². The molecule has 2 atom stereocenters. The second-order valence-corrected chi connectivity index (χ2v) is 5.66. The average Bonchev–Trinajstić information content (AvgIpc) is 2.50. The number of allylic oxidation sites excluding steroid dienone is 3. The molecule has 0 saturated heterocycles. The summed E-state index contributed by atoms with van der Waals surface area (Å²) in [4.78, 5) is 0. The maximum absolute atomic E-state index is 13.3. The molecule has 1 aliphatic rings. The lowest BCUT2D eigenvalue weighted by atomic mass is 9.85. The van der Waals surface area contributed by atoms with Crippen molar-refractivity contribution in [3.8, 4) is 12.3 Å². The van der Waals surface area contributed by atoms with E-state index in [9.17, 15) is 4.39 Å². The number of nitrogens with one attached hydrogen (secondary N) is 1. The highest BCUT2D eigenvalue weighted by Crippen LogP contribution is 2.28. The highest BCUT2D eigenvalue weighted by Gasteiger charge is 2.15. The Labute approximate surface area is 127 Å². The molecule has 0 fully saturated rings. The topological polar surface area (TPSA) is 12.0 Å². The van der Waals surface area contributed by atoms with Crippen molar-refractivity contribution in [3.63, 3.8) is 0 Å². The van der Waals surface area contributed by atoms with Crippen molar-refractivity contribution in [2.45, 2.75) is 32.6 Å². The molecule has 0 saturated carbocycles. The summed E-state index contributed by atoms with van der Waals surface area (Å²) in [6, 6.07) is 4.71. The van der Waals surface area contributed by atoms with E-state index in [0.717, 1.165) is 23.7 Å². The summed E-state index contributed by atoms with van der Waals surface area (Å²) in [6.07, 6.45) is 14.5. The van der Waals surface area contributed by atoms with Gasteiger partial charge in [-0.3, -0.25) is 0 Å². The van der Waals surface area contributed by atoms with Gasteiger partial charge in [0.15, 0.2) is 0 Å². The minimum Gasteiger partial charge on any atom is -0.359 e. The zero-order chi connectivity index (χ0) is 15.2. The van der Waals surface area contributed by atoms with Gasteiger partial charge in [0, 0.05) is 11.4 Å². The van der Waals surface area contributed by atoms with Crippen LogP contribution >= 0.6 is 0 Å². The number of terminal acetylenes is 1. The first-order valence-corrected chi connectivity index (χ1v) is 7.51. The molecule has 0 heterocycles. The van der Waals surface area contributed by atoms with E-state index in [4.69, 9.17) is 6.42 Å². The van der Waals surface area contributed by atoms with Gasteiger partial charge < -0.3 is 5.32 Å². The predicted octanol–water partition coefficient (Wildman–Crippen LogP) is 5.12. The molecule has 1 nitrogen and oxygen atoms in total. The van der Waals surface area contributed by atoms with E-state index >= 15 is 0 Å². The van der Waals surface area contributed by atoms with E-state index in [-0.39, 0.29) is 11.4 Å². The molecular formula is C19H22FN. The van der Waals surface area contributed by atoms with Crippen LogP contribution in [0.5, 0.6) is 0 Å². The maximum Gasteiger partial charge on any atom is 0.138 e. The smallest absolute Gasteiger partial charge is 0.138 e. The van der Waals surface area contributed by atoms with E-state index in [1.165, 1.54) is 25.3 Å². The number of hydrogen-bond acceptors (Lipinski definition) is 1. The Kier molecular flexibility index (Phi) is 5.22. The highest BCUT2D eigenvalue weighted by molar-refractivity contribution is 5.53. The minimum absolute atomic E-state index is 0.274. The predicted molar refractivity (Wildman–Crippen MR) is 87.4 cm³/mol. The van der Waals surface area contributed by atoms with Crippen LogP contribution in [0.2, 0.25) is 0 Å². The van der Waals surface area contributed by atoms with Gasteiger partial charge in [-0.05, 0) is 55.7 Å². The molecule has 0 aliphatic heterocycles. The lowest BCUT2D eigenvalue weighted by Crippen LogP contribution is -2.11. The molecule has 0 aromatic heterocycles. The van der Waals surface area contributed by atoms with Gasteiger partial charge in [-0.15, -0.1) is 6.42 Å². The van der Waals surface area contributed by atoms with Crippen molar-refractivity contribution in [1.29, 1.82) is 0 Å². The normalized spacial score (nSPS) is 20.8. The van der Waals surface area contributed by atoms with Crippen LogP contribution in [-0.4, -0.2) is 0 Å². The molecule has 2 unspecified atom stereocenters. The average molecular weight is 283 g/mol. The van der Waals surface area contributed by atoms with Crippen LogP contribution in [0.25, 0.3) is 0 Å². The molecule has 1 aromatic rings. The van der Waals surface area contributed by atoms with E-state index < -0.39 is 0 Å². The van der Waals surface area contributed by atoms with Crippen molar-refractivity contribution in [2.24, 2.45) is 11.8 Å². The van der Waals surface area contributed by atoms with Crippen molar-refractivity contribution in [3.05, 3.63) is 54.0 Å². The van der Waals surface area contributed by atoms with Gasteiger partial charge >= 0.3 is 0 Å². The Morgan fingerprint density at radius 2 is 2.10 bits per heavy atom. The number of halogens is 1. The van der Waals surface area contributed by atoms with E-state index in [2.05, 4.69) is 36.9 Å². The summed E-state index contributed by atoms with van der Waals surface area (Å²) in [5.41, 5.74) is 2.01. The Hall–Kier alpha value is -2.01. The standard InChI is InChI=1S/C19H22FN/c1-4-15-6-8-16(9-7-15)12-14(3)21-18-10-11-19(20)17(5-2)13-18/h2,6,8,10-11,13,15-16,21H,3-4,7,9,12H2,1H3. The highest BCUT2D eigenvalue weighted by atomic mass is 19.1. The van der Waals surface area contributed by atoms with Crippen LogP contribution in [-0.2, 0) is 0 Å².